The summed E-state index contributed by atoms with van der Waals surface area (Å²) in [6.07, 6.45) is 0.346. The third-order valence-corrected chi connectivity index (χ3v) is 1.48. The van der Waals surface area contributed by atoms with Gasteiger partial charge in [0.15, 0.2) is 0 Å². The highest BCUT2D eigenvalue weighted by Crippen LogP contribution is 2.17. The van der Waals surface area contributed by atoms with Crippen LogP contribution in [0.15, 0.2) is 24.5 Å². The van der Waals surface area contributed by atoms with Gasteiger partial charge in [-0.3, -0.25) is 10.8 Å². The summed E-state index contributed by atoms with van der Waals surface area (Å²) in [5, 5.41) is 0. The van der Waals surface area contributed by atoms with Gasteiger partial charge < -0.3 is 0 Å². The molecule has 1 atom stereocenters. The zero-order valence-electron chi connectivity index (χ0n) is 6.24. The standard InChI is InChI=1S/C7H9F2N3/c8-7(9)6(12-10)5-2-1-3-11-4-5/h1-4,6-7,12H,10H2. The molecular formula is C7H9F2N3. The highest BCUT2D eigenvalue weighted by Gasteiger charge is 2.20. The summed E-state index contributed by atoms with van der Waals surface area (Å²) in [6.45, 7) is 0. The monoisotopic (exact) mass is 173 g/mol. The van der Waals surface area contributed by atoms with E-state index in [0.717, 1.165) is 0 Å². The molecule has 0 amide bonds. The van der Waals surface area contributed by atoms with E-state index in [1.54, 1.807) is 12.1 Å². The molecular weight excluding hydrogens is 164 g/mol. The molecule has 3 N–H and O–H groups in total. The molecule has 0 aliphatic rings. The molecule has 0 aliphatic carbocycles. The van der Waals surface area contributed by atoms with Crippen molar-refractivity contribution in [2.45, 2.75) is 12.5 Å². The first-order valence-electron chi connectivity index (χ1n) is 3.40. The highest BCUT2D eigenvalue weighted by molar-refractivity contribution is 5.14. The number of hydrazine groups is 1. The van der Waals surface area contributed by atoms with Crippen molar-refractivity contribution in [1.29, 1.82) is 0 Å². The molecule has 0 saturated carbocycles. The summed E-state index contributed by atoms with van der Waals surface area (Å²) >= 11 is 0. The Morgan fingerprint density at radius 2 is 2.25 bits per heavy atom. The fourth-order valence-electron chi connectivity index (χ4n) is 0.874. The molecule has 0 bridgehead atoms. The summed E-state index contributed by atoms with van der Waals surface area (Å²) in [4.78, 5) is 3.71. The fraction of sp³-hybridized carbons (Fsp3) is 0.286. The van der Waals surface area contributed by atoms with Gasteiger partial charge in [0.05, 0.1) is 0 Å². The summed E-state index contributed by atoms with van der Waals surface area (Å²) in [7, 11) is 0. The van der Waals surface area contributed by atoms with E-state index in [-0.39, 0.29) is 0 Å². The third-order valence-electron chi connectivity index (χ3n) is 1.48. The second-order valence-electron chi connectivity index (χ2n) is 2.27. The number of alkyl halides is 2. The van der Waals surface area contributed by atoms with E-state index in [4.69, 9.17) is 5.84 Å². The van der Waals surface area contributed by atoms with Gasteiger partial charge in [-0.1, -0.05) is 6.07 Å². The Morgan fingerprint density at radius 3 is 2.67 bits per heavy atom. The van der Waals surface area contributed by atoms with Crippen molar-refractivity contribution in [3.8, 4) is 0 Å². The van der Waals surface area contributed by atoms with Crippen molar-refractivity contribution in [1.82, 2.24) is 10.4 Å². The fourth-order valence-corrected chi connectivity index (χ4v) is 0.874. The van der Waals surface area contributed by atoms with Crippen LogP contribution < -0.4 is 11.3 Å². The second-order valence-corrected chi connectivity index (χ2v) is 2.27. The molecule has 0 aliphatic heterocycles. The van der Waals surface area contributed by atoms with Crippen molar-refractivity contribution in [2.24, 2.45) is 5.84 Å². The molecule has 0 radical (unpaired) electrons. The molecule has 1 unspecified atom stereocenters. The number of pyridine rings is 1. The largest absolute Gasteiger partial charge is 0.271 e. The number of nitrogens with two attached hydrogens (primary N) is 1. The number of halogens is 2. The molecule has 1 aromatic rings. The van der Waals surface area contributed by atoms with Gasteiger partial charge in [0.25, 0.3) is 6.43 Å². The van der Waals surface area contributed by atoms with E-state index < -0.39 is 12.5 Å². The van der Waals surface area contributed by atoms with Crippen LogP contribution in [0, 0.1) is 0 Å². The van der Waals surface area contributed by atoms with Crippen LogP contribution in [-0.2, 0) is 0 Å². The van der Waals surface area contributed by atoms with Gasteiger partial charge >= 0.3 is 0 Å². The van der Waals surface area contributed by atoms with Gasteiger partial charge in [-0.2, -0.15) is 0 Å². The SMILES string of the molecule is NNC(c1cccnc1)C(F)F. The first kappa shape index (κ1) is 9.02. The minimum Gasteiger partial charge on any atom is -0.271 e. The van der Waals surface area contributed by atoms with Crippen LogP contribution in [0.2, 0.25) is 0 Å². The Balaban J connectivity index is 2.80. The number of hydrogen-bond donors (Lipinski definition) is 2. The lowest BCUT2D eigenvalue weighted by Gasteiger charge is -2.13. The quantitative estimate of drug-likeness (QED) is 0.526. The summed E-state index contributed by atoms with van der Waals surface area (Å²) < 4.78 is 24.4. The molecule has 0 spiro atoms. The van der Waals surface area contributed by atoms with Crippen LogP contribution in [0.4, 0.5) is 8.78 Å². The lowest BCUT2D eigenvalue weighted by atomic mass is 10.1. The Bertz CT molecular complexity index is 227. The predicted molar refractivity (Wildman–Crippen MR) is 40.3 cm³/mol. The van der Waals surface area contributed by atoms with E-state index >= 15 is 0 Å². The minimum absolute atomic E-state index is 0.384. The number of nitrogens with zero attached hydrogens (tertiary/aromatic N) is 1. The van der Waals surface area contributed by atoms with Crippen molar-refractivity contribution in [3.05, 3.63) is 30.1 Å². The van der Waals surface area contributed by atoms with E-state index in [1.807, 2.05) is 5.43 Å². The minimum atomic E-state index is -2.53. The lowest BCUT2D eigenvalue weighted by Crippen LogP contribution is -2.32. The van der Waals surface area contributed by atoms with E-state index in [2.05, 4.69) is 4.98 Å². The smallest absolute Gasteiger partial charge is 0.259 e. The maximum absolute atomic E-state index is 12.2. The van der Waals surface area contributed by atoms with Crippen molar-refractivity contribution in [2.75, 3.05) is 0 Å². The van der Waals surface area contributed by atoms with Crippen LogP contribution >= 0.6 is 0 Å². The van der Waals surface area contributed by atoms with Crippen LogP contribution in [0.1, 0.15) is 11.6 Å². The Morgan fingerprint density at radius 1 is 1.50 bits per heavy atom. The van der Waals surface area contributed by atoms with Crippen LogP contribution in [-0.4, -0.2) is 11.4 Å². The first-order valence-corrected chi connectivity index (χ1v) is 3.40. The lowest BCUT2D eigenvalue weighted by molar-refractivity contribution is 0.0985. The Kier molecular flexibility index (Phi) is 3.07. The van der Waals surface area contributed by atoms with Gasteiger partial charge in [-0.25, -0.2) is 14.2 Å². The first-order chi connectivity index (χ1) is 5.75. The van der Waals surface area contributed by atoms with Crippen LogP contribution in [0.25, 0.3) is 0 Å². The molecule has 0 aromatic carbocycles. The second kappa shape index (κ2) is 4.08. The molecule has 5 heteroatoms. The van der Waals surface area contributed by atoms with Crippen molar-refractivity contribution in [3.63, 3.8) is 0 Å². The van der Waals surface area contributed by atoms with Gasteiger partial charge in [0.1, 0.15) is 6.04 Å². The van der Waals surface area contributed by atoms with E-state index in [0.29, 0.717) is 5.56 Å². The van der Waals surface area contributed by atoms with Crippen molar-refractivity contribution >= 4 is 0 Å². The summed E-state index contributed by atoms with van der Waals surface area (Å²) in [5.41, 5.74) is 2.41. The molecule has 3 nitrogen and oxygen atoms in total. The molecule has 1 heterocycles. The number of aromatic nitrogens is 1. The maximum atomic E-state index is 12.2. The van der Waals surface area contributed by atoms with Crippen molar-refractivity contribution < 1.29 is 8.78 Å². The number of hydrogen-bond acceptors (Lipinski definition) is 3. The molecule has 66 valence electrons. The van der Waals surface area contributed by atoms with Gasteiger partial charge in [0, 0.05) is 12.4 Å². The average molecular weight is 173 g/mol. The zero-order valence-corrected chi connectivity index (χ0v) is 6.24. The normalized spacial score (nSPS) is 13.3. The third kappa shape index (κ3) is 1.96. The average Bonchev–Trinajstić information content (AvgIpc) is 2.07. The molecule has 12 heavy (non-hydrogen) atoms. The Hall–Kier alpha value is -1.07. The summed E-state index contributed by atoms with van der Waals surface area (Å²) in [5.74, 6) is 4.95. The van der Waals surface area contributed by atoms with Gasteiger partial charge in [-0.05, 0) is 11.6 Å². The van der Waals surface area contributed by atoms with Gasteiger partial charge in [0.2, 0.25) is 0 Å². The molecule has 0 fully saturated rings. The maximum Gasteiger partial charge on any atom is 0.259 e. The summed E-state index contributed by atoms with van der Waals surface area (Å²) in [6, 6.07) is 1.99. The topological polar surface area (TPSA) is 50.9 Å². The highest BCUT2D eigenvalue weighted by atomic mass is 19.3. The Labute approximate surface area is 68.6 Å². The number of nitrogens with one attached hydrogen (secondary N) is 1. The molecule has 0 saturated heterocycles. The zero-order chi connectivity index (χ0) is 8.97. The van der Waals surface area contributed by atoms with E-state index in [1.165, 1.54) is 12.4 Å². The van der Waals surface area contributed by atoms with Gasteiger partial charge in [-0.15, -0.1) is 0 Å². The van der Waals surface area contributed by atoms with Crippen LogP contribution in [0.3, 0.4) is 0 Å². The predicted octanol–water partition coefficient (Wildman–Crippen LogP) is 0.851. The van der Waals surface area contributed by atoms with Crippen LogP contribution in [0.5, 0.6) is 0 Å². The van der Waals surface area contributed by atoms with E-state index in [9.17, 15) is 8.78 Å². The number of rotatable bonds is 3. The molecule has 1 aromatic heterocycles. The molecule has 1 rings (SSSR count).